The van der Waals surface area contributed by atoms with E-state index in [0.29, 0.717) is 5.92 Å². The van der Waals surface area contributed by atoms with E-state index in [9.17, 15) is 0 Å². The Hall–Kier alpha value is -0.730. The lowest BCUT2D eigenvalue weighted by Gasteiger charge is -2.19. The monoisotopic (exact) mass is 226 g/mol. The number of nitrogens with zero attached hydrogens (tertiary/aromatic N) is 1. The summed E-state index contributed by atoms with van der Waals surface area (Å²) in [6, 6.07) is 5.62. The predicted molar refractivity (Wildman–Crippen MR) is 67.0 cm³/mol. The number of hydrogen-bond acceptors (Lipinski definition) is 2. The summed E-state index contributed by atoms with van der Waals surface area (Å²) in [5.41, 5.74) is 7.80. The van der Waals surface area contributed by atoms with Gasteiger partial charge in [0.1, 0.15) is 0 Å². The maximum absolute atomic E-state index is 5.93. The van der Waals surface area contributed by atoms with Gasteiger partial charge in [0.2, 0.25) is 0 Å². The molecule has 0 fully saturated rings. The predicted octanol–water partition coefficient (Wildman–Crippen LogP) is 3.01. The van der Waals surface area contributed by atoms with Crippen molar-refractivity contribution >= 4 is 17.3 Å². The fourth-order valence-corrected chi connectivity index (χ4v) is 1.88. The Kier molecular flexibility index (Phi) is 4.43. The van der Waals surface area contributed by atoms with Crippen molar-refractivity contribution in [2.75, 3.05) is 19.3 Å². The normalized spacial score (nSPS) is 11.3. The van der Waals surface area contributed by atoms with Crippen molar-refractivity contribution in [3.05, 3.63) is 28.8 Å². The highest BCUT2D eigenvalue weighted by Gasteiger charge is 2.06. The molecule has 0 aliphatic carbocycles. The molecule has 0 aliphatic rings. The molecule has 1 aromatic carbocycles. The van der Waals surface area contributed by atoms with Crippen LogP contribution in [0.4, 0.5) is 5.69 Å². The second-order valence-electron chi connectivity index (χ2n) is 4.43. The lowest BCUT2D eigenvalue weighted by Crippen LogP contribution is -2.23. The van der Waals surface area contributed by atoms with Crippen LogP contribution in [0.5, 0.6) is 0 Å². The maximum Gasteiger partial charge on any atom is 0.0410 e. The lowest BCUT2D eigenvalue weighted by molar-refractivity contribution is 0.289. The number of anilines is 1. The average molecular weight is 227 g/mol. The van der Waals surface area contributed by atoms with E-state index in [2.05, 4.69) is 25.8 Å². The van der Waals surface area contributed by atoms with Crippen molar-refractivity contribution in [1.29, 1.82) is 0 Å². The van der Waals surface area contributed by atoms with Gasteiger partial charge in [-0.15, -0.1) is 0 Å². The third kappa shape index (κ3) is 4.10. The van der Waals surface area contributed by atoms with Gasteiger partial charge in [0, 0.05) is 23.8 Å². The third-order valence-corrected chi connectivity index (χ3v) is 2.46. The zero-order valence-electron chi connectivity index (χ0n) is 9.63. The molecular formula is C12H19ClN2. The van der Waals surface area contributed by atoms with Crippen molar-refractivity contribution in [3.63, 3.8) is 0 Å². The van der Waals surface area contributed by atoms with Gasteiger partial charge < -0.3 is 10.6 Å². The number of rotatable bonds is 4. The number of halogens is 1. The molecule has 0 aliphatic heterocycles. The van der Waals surface area contributed by atoms with E-state index >= 15 is 0 Å². The summed E-state index contributed by atoms with van der Waals surface area (Å²) in [7, 11) is 2.10. The highest BCUT2D eigenvalue weighted by Crippen LogP contribution is 2.19. The summed E-state index contributed by atoms with van der Waals surface area (Å²) in [5.74, 6) is 0.662. The Balaban J connectivity index is 2.67. The van der Waals surface area contributed by atoms with Gasteiger partial charge in [-0.3, -0.25) is 0 Å². The lowest BCUT2D eigenvalue weighted by atomic mass is 10.1. The molecule has 0 saturated heterocycles. The maximum atomic E-state index is 5.93. The minimum Gasteiger partial charge on any atom is -0.398 e. The second-order valence-corrected chi connectivity index (χ2v) is 4.87. The molecule has 0 atom stereocenters. The van der Waals surface area contributed by atoms with Gasteiger partial charge in [-0.1, -0.05) is 25.4 Å². The van der Waals surface area contributed by atoms with E-state index in [-0.39, 0.29) is 0 Å². The summed E-state index contributed by atoms with van der Waals surface area (Å²) in [6.45, 7) is 6.33. The highest BCUT2D eigenvalue weighted by atomic mass is 35.5. The minimum absolute atomic E-state index is 0.662. The molecule has 0 heterocycles. The fraction of sp³-hybridized carbons (Fsp3) is 0.500. The molecule has 2 nitrogen and oxygen atoms in total. The van der Waals surface area contributed by atoms with Gasteiger partial charge in [0.25, 0.3) is 0 Å². The van der Waals surface area contributed by atoms with Crippen LogP contribution in [0.25, 0.3) is 0 Å². The molecule has 3 heteroatoms. The Labute approximate surface area is 97.0 Å². The summed E-state index contributed by atoms with van der Waals surface area (Å²) < 4.78 is 0. The molecule has 84 valence electrons. The molecule has 0 unspecified atom stereocenters. The van der Waals surface area contributed by atoms with Crippen LogP contribution in [0.1, 0.15) is 19.4 Å². The Morgan fingerprint density at radius 2 is 2.07 bits per heavy atom. The van der Waals surface area contributed by atoms with E-state index < -0.39 is 0 Å². The van der Waals surface area contributed by atoms with Crippen LogP contribution >= 0.6 is 11.6 Å². The first kappa shape index (κ1) is 12.3. The Morgan fingerprint density at radius 3 is 2.67 bits per heavy atom. The van der Waals surface area contributed by atoms with Gasteiger partial charge >= 0.3 is 0 Å². The summed E-state index contributed by atoms with van der Waals surface area (Å²) in [5, 5.41) is 0.747. The molecule has 1 rings (SSSR count). The van der Waals surface area contributed by atoms with Crippen molar-refractivity contribution in [2.45, 2.75) is 20.4 Å². The van der Waals surface area contributed by atoms with Crippen molar-refractivity contribution < 1.29 is 0 Å². The second kappa shape index (κ2) is 5.38. The van der Waals surface area contributed by atoms with Crippen LogP contribution < -0.4 is 5.73 Å². The van der Waals surface area contributed by atoms with Crippen LogP contribution in [0, 0.1) is 5.92 Å². The molecular weight excluding hydrogens is 208 g/mol. The highest BCUT2D eigenvalue weighted by molar-refractivity contribution is 6.30. The van der Waals surface area contributed by atoms with Gasteiger partial charge in [0.05, 0.1) is 0 Å². The van der Waals surface area contributed by atoms with Gasteiger partial charge in [-0.2, -0.15) is 0 Å². The van der Waals surface area contributed by atoms with E-state index in [1.807, 2.05) is 18.2 Å². The molecule has 0 amide bonds. The molecule has 0 saturated carbocycles. The summed E-state index contributed by atoms with van der Waals surface area (Å²) in [6.07, 6.45) is 0. The molecule has 15 heavy (non-hydrogen) atoms. The first-order chi connectivity index (χ1) is 6.99. The zero-order chi connectivity index (χ0) is 11.4. The largest absolute Gasteiger partial charge is 0.398 e. The SMILES string of the molecule is CC(C)CN(C)Cc1cc(Cl)ccc1N. The van der Waals surface area contributed by atoms with Gasteiger partial charge in [-0.05, 0) is 36.7 Å². The van der Waals surface area contributed by atoms with E-state index in [4.69, 9.17) is 17.3 Å². The third-order valence-electron chi connectivity index (χ3n) is 2.22. The quantitative estimate of drug-likeness (QED) is 0.800. The molecule has 0 aromatic heterocycles. The van der Waals surface area contributed by atoms with Crippen LogP contribution in [0.3, 0.4) is 0 Å². The van der Waals surface area contributed by atoms with Crippen LogP contribution in [-0.2, 0) is 6.54 Å². The standard InChI is InChI=1S/C12H19ClN2/c1-9(2)7-15(3)8-10-6-11(13)4-5-12(10)14/h4-6,9H,7-8,14H2,1-3H3. The first-order valence-corrected chi connectivity index (χ1v) is 5.59. The molecule has 0 spiro atoms. The number of nitrogen functional groups attached to an aromatic ring is 1. The Morgan fingerprint density at radius 1 is 1.40 bits per heavy atom. The van der Waals surface area contributed by atoms with Crippen LogP contribution in [-0.4, -0.2) is 18.5 Å². The molecule has 0 radical (unpaired) electrons. The number of nitrogens with two attached hydrogens (primary N) is 1. The van der Waals surface area contributed by atoms with Crippen molar-refractivity contribution in [1.82, 2.24) is 4.90 Å². The van der Waals surface area contributed by atoms with Gasteiger partial charge in [0.15, 0.2) is 0 Å². The van der Waals surface area contributed by atoms with E-state index in [1.165, 1.54) is 0 Å². The summed E-state index contributed by atoms with van der Waals surface area (Å²) >= 11 is 5.93. The Bertz CT molecular complexity index is 323. The summed E-state index contributed by atoms with van der Waals surface area (Å²) in [4.78, 5) is 2.26. The number of hydrogen-bond donors (Lipinski definition) is 1. The minimum atomic E-state index is 0.662. The van der Waals surface area contributed by atoms with Gasteiger partial charge in [-0.25, -0.2) is 0 Å². The van der Waals surface area contributed by atoms with E-state index in [1.54, 1.807) is 0 Å². The average Bonchev–Trinajstić information content (AvgIpc) is 2.10. The first-order valence-electron chi connectivity index (χ1n) is 5.21. The zero-order valence-corrected chi connectivity index (χ0v) is 10.4. The van der Waals surface area contributed by atoms with Crippen LogP contribution in [0.15, 0.2) is 18.2 Å². The molecule has 0 bridgehead atoms. The fourth-order valence-electron chi connectivity index (χ4n) is 1.69. The smallest absolute Gasteiger partial charge is 0.0410 e. The van der Waals surface area contributed by atoms with Crippen LogP contribution in [0.2, 0.25) is 5.02 Å². The molecule has 2 N–H and O–H groups in total. The van der Waals surface area contributed by atoms with E-state index in [0.717, 1.165) is 29.4 Å². The van der Waals surface area contributed by atoms with Crippen molar-refractivity contribution in [3.8, 4) is 0 Å². The topological polar surface area (TPSA) is 29.3 Å². The van der Waals surface area contributed by atoms with Crippen molar-refractivity contribution in [2.24, 2.45) is 5.92 Å². The number of benzene rings is 1. The molecule has 1 aromatic rings.